The summed E-state index contributed by atoms with van der Waals surface area (Å²) in [6, 6.07) is 3.24. The highest BCUT2D eigenvalue weighted by Crippen LogP contribution is 2.46. The molecular weight excluding hydrogens is 352 g/mol. The number of halogens is 4. The van der Waals surface area contributed by atoms with Crippen molar-refractivity contribution in [3.05, 3.63) is 57.7 Å². The van der Waals surface area contributed by atoms with Crippen molar-refractivity contribution in [2.24, 2.45) is 5.92 Å². The Balaban J connectivity index is 1.72. The Morgan fingerprint density at radius 1 is 0.815 bits per heavy atom. The van der Waals surface area contributed by atoms with E-state index >= 15 is 0 Å². The van der Waals surface area contributed by atoms with Crippen molar-refractivity contribution in [1.29, 1.82) is 0 Å². The lowest BCUT2D eigenvalue weighted by atomic mass is 9.76. The van der Waals surface area contributed by atoms with Gasteiger partial charge in [-0.2, -0.15) is 0 Å². The Morgan fingerprint density at radius 2 is 1.41 bits per heavy atom. The van der Waals surface area contributed by atoms with Crippen LogP contribution in [0.25, 0.3) is 11.1 Å². The molecule has 0 spiro atoms. The molecule has 0 aliphatic heterocycles. The number of fused-ring (bicyclic) bond motifs is 3. The Hall–Kier alpha value is -1.84. The Labute approximate surface area is 157 Å². The highest BCUT2D eigenvalue weighted by molar-refractivity contribution is 5.79. The van der Waals surface area contributed by atoms with Gasteiger partial charge >= 0.3 is 0 Å². The van der Waals surface area contributed by atoms with E-state index in [-0.39, 0.29) is 22.6 Å². The number of rotatable bonds is 3. The Morgan fingerprint density at radius 3 is 2.04 bits per heavy atom. The lowest BCUT2D eigenvalue weighted by molar-refractivity contribution is 0.303. The zero-order valence-corrected chi connectivity index (χ0v) is 15.8. The van der Waals surface area contributed by atoms with Gasteiger partial charge in [0.1, 0.15) is 0 Å². The third kappa shape index (κ3) is 2.97. The monoisotopic (exact) mass is 376 g/mol. The molecule has 144 valence electrons. The fourth-order valence-corrected chi connectivity index (χ4v) is 5.01. The molecule has 4 heteroatoms. The maximum atomic E-state index is 14.9. The topological polar surface area (TPSA) is 0 Å². The van der Waals surface area contributed by atoms with Gasteiger partial charge in [-0.1, -0.05) is 31.9 Å². The molecule has 0 saturated heterocycles. The first kappa shape index (κ1) is 18.5. The molecule has 2 aliphatic rings. The van der Waals surface area contributed by atoms with Crippen molar-refractivity contribution in [2.75, 3.05) is 0 Å². The van der Waals surface area contributed by atoms with Gasteiger partial charge in [0.25, 0.3) is 0 Å². The first-order chi connectivity index (χ1) is 12.9. The summed E-state index contributed by atoms with van der Waals surface area (Å²) in [5.41, 5.74) is 1.49. The second-order valence-corrected chi connectivity index (χ2v) is 8.17. The van der Waals surface area contributed by atoms with Crippen LogP contribution >= 0.6 is 0 Å². The molecule has 0 heterocycles. The molecule has 2 aromatic rings. The normalized spacial score (nSPS) is 21.3. The lowest BCUT2D eigenvalue weighted by Gasteiger charge is -2.29. The second kappa shape index (κ2) is 6.96. The van der Waals surface area contributed by atoms with E-state index < -0.39 is 23.3 Å². The number of hydrogen-bond acceptors (Lipinski definition) is 0. The van der Waals surface area contributed by atoms with Crippen LogP contribution in [0, 0.1) is 36.1 Å². The second-order valence-electron chi connectivity index (χ2n) is 8.17. The summed E-state index contributed by atoms with van der Waals surface area (Å²) >= 11 is 0. The van der Waals surface area contributed by atoms with E-state index in [9.17, 15) is 17.6 Å². The average Bonchev–Trinajstić information content (AvgIpc) is 3.02. The van der Waals surface area contributed by atoms with Crippen molar-refractivity contribution >= 4 is 0 Å². The minimum Gasteiger partial charge on any atom is -0.203 e. The highest BCUT2D eigenvalue weighted by Gasteiger charge is 2.33. The molecule has 0 aromatic heterocycles. The molecule has 0 bridgehead atoms. The summed E-state index contributed by atoms with van der Waals surface area (Å²) in [7, 11) is 0. The molecular formula is C23H24F4. The van der Waals surface area contributed by atoms with Gasteiger partial charge < -0.3 is 0 Å². The third-order valence-corrected chi connectivity index (χ3v) is 6.40. The summed E-state index contributed by atoms with van der Waals surface area (Å²) in [4.78, 5) is 0. The molecule has 0 unspecified atom stereocenters. The van der Waals surface area contributed by atoms with Crippen molar-refractivity contribution < 1.29 is 17.6 Å². The van der Waals surface area contributed by atoms with Crippen molar-refractivity contribution in [3.63, 3.8) is 0 Å². The SMILES string of the molecule is CCCC1CCC(c2cc3c(c(F)c2F)-c2c(cc(C)c(F)c2F)C3)CC1. The van der Waals surface area contributed by atoms with Crippen LogP contribution in [0.2, 0.25) is 0 Å². The van der Waals surface area contributed by atoms with Crippen LogP contribution in [-0.4, -0.2) is 0 Å². The predicted molar refractivity (Wildman–Crippen MR) is 98.9 cm³/mol. The standard InChI is InChI=1S/C23H24F4/c1-3-4-13-5-7-14(8-6-13)17-11-16-10-15-9-12(2)20(24)22(26)18(15)19(16)23(27)21(17)25/h9,11,13-14H,3-8,10H2,1-2H3. The van der Waals surface area contributed by atoms with Crippen LogP contribution in [-0.2, 0) is 6.42 Å². The van der Waals surface area contributed by atoms with Gasteiger partial charge in [-0.15, -0.1) is 0 Å². The number of aryl methyl sites for hydroxylation is 1. The van der Waals surface area contributed by atoms with E-state index in [1.54, 1.807) is 12.1 Å². The quantitative estimate of drug-likeness (QED) is 0.424. The largest absolute Gasteiger partial charge is 0.203 e. The molecule has 2 aliphatic carbocycles. The van der Waals surface area contributed by atoms with Crippen LogP contribution < -0.4 is 0 Å². The number of hydrogen-bond donors (Lipinski definition) is 0. The van der Waals surface area contributed by atoms with Gasteiger partial charge in [0.05, 0.1) is 0 Å². The molecule has 1 saturated carbocycles. The van der Waals surface area contributed by atoms with Gasteiger partial charge in [0, 0.05) is 11.1 Å². The summed E-state index contributed by atoms with van der Waals surface area (Å²) in [5.74, 6) is -3.29. The van der Waals surface area contributed by atoms with Crippen LogP contribution in [0.1, 0.15) is 73.6 Å². The van der Waals surface area contributed by atoms with Crippen LogP contribution in [0.4, 0.5) is 17.6 Å². The van der Waals surface area contributed by atoms with Crippen molar-refractivity contribution in [1.82, 2.24) is 0 Å². The number of benzene rings is 2. The summed E-state index contributed by atoms with van der Waals surface area (Å²) in [5, 5.41) is 0. The Bertz CT molecular complexity index is 892. The molecule has 1 fully saturated rings. The fourth-order valence-electron chi connectivity index (χ4n) is 5.01. The van der Waals surface area contributed by atoms with E-state index in [4.69, 9.17) is 0 Å². The third-order valence-electron chi connectivity index (χ3n) is 6.40. The first-order valence-corrected chi connectivity index (χ1v) is 9.90. The molecule has 0 nitrogen and oxygen atoms in total. The van der Waals surface area contributed by atoms with E-state index in [1.165, 1.54) is 13.3 Å². The van der Waals surface area contributed by atoms with E-state index in [0.717, 1.165) is 32.1 Å². The smallest absolute Gasteiger partial charge is 0.167 e. The van der Waals surface area contributed by atoms with Gasteiger partial charge in [-0.05, 0) is 73.1 Å². The molecule has 2 aromatic carbocycles. The zero-order chi connectivity index (χ0) is 19.3. The van der Waals surface area contributed by atoms with Gasteiger partial charge in [0.2, 0.25) is 0 Å². The van der Waals surface area contributed by atoms with E-state index in [2.05, 4.69) is 6.92 Å². The lowest BCUT2D eigenvalue weighted by Crippen LogP contribution is -2.15. The van der Waals surface area contributed by atoms with Crippen molar-refractivity contribution in [3.8, 4) is 11.1 Å². The zero-order valence-electron chi connectivity index (χ0n) is 15.8. The summed E-state index contributed by atoms with van der Waals surface area (Å²) < 4.78 is 58.3. The van der Waals surface area contributed by atoms with Crippen LogP contribution in [0.3, 0.4) is 0 Å². The van der Waals surface area contributed by atoms with E-state index in [0.29, 0.717) is 29.0 Å². The first-order valence-electron chi connectivity index (χ1n) is 9.90. The van der Waals surface area contributed by atoms with E-state index in [1.807, 2.05) is 0 Å². The summed E-state index contributed by atoms with van der Waals surface area (Å²) in [6.45, 7) is 3.65. The van der Waals surface area contributed by atoms with Crippen LogP contribution in [0.5, 0.6) is 0 Å². The van der Waals surface area contributed by atoms with Gasteiger partial charge in [-0.3, -0.25) is 0 Å². The minimum atomic E-state index is -1.07. The molecule has 4 rings (SSSR count). The maximum absolute atomic E-state index is 14.9. The summed E-state index contributed by atoms with van der Waals surface area (Å²) in [6.07, 6.45) is 6.44. The highest BCUT2D eigenvalue weighted by atomic mass is 19.2. The van der Waals surface area contributed by atoms with Crippen molar-refractivity contribution in [2.45, 2.75) is 64.7 Å². The minimum absolute atomic E-state index is 0.00457. The van der Waals surface area contributed by atoms with Gasteiger partial charge in [-0.25, -0.2) is 17.6 Å². The molecule has 0 atom stereocenters. The predicted octanol–water partition coefficient (Wildman–Crippen LogP) is 7.20. The molecule has 0 amide bonds. The van der Waals surface area contributed by atoms with Gasteiger partial charge in [0.15, 0.2) is 23.3 Å². The van der Waals surface area contributed by atoms with Crippen LogP contribution in [0.15, 0.2) is 12.1 Å². The average molecular weight is 376 g/mol. The molecule has 0 N–H and O–H groups in total. The Kier molecular flexibility index (Phi) is 4.77. The molecule has 0 radical (unpaired) electrons. The maximum Gasteiger partial charge on any atom is 0.167 e. The molecule has 27 heavy (non-hydrogen) atoms. The fraction of sp³-hybridized carbons (Fsp3) is 0.478.